The third-order valence-electron chi connectivity index (χ3n) is 4.60. The van der Waals surface area contributed by atoms with Gasteiger partial charge in [-0.05, 0) is 26.8 Å². The lowest BCUT2D eigenvalue weighted by atomic mass is 9.96. The minimum Gasteiger partial charge on any atom is -0.436 e. The van der Waals surface area contributed by atoms with Gasteiger partial charge < -0.3 is 10.5 Å². The van der Waals surface area contributed by atoms with Crippen molar-refractivity contribution < 1.29 is 9.53 Å². The van der Waals surface area contributed by atoms with Crippen LogP contribution < -0.4 is 5.73 Å². The lowest BCUT2D eigenvalue weighted by Gasteiger charge is -2.34. The Morgan fingerprint density at radius 2 is 2.12 bits per heavy atom. The fourth-order valence-electron chi connectivity index (χ4n) is 3.34. The van der Waals surface area contributed by atoms with Gasteiger partial charge in [0, 0.05) is 35.1 Å². The molecular weight excluding hydrogens is 322 g/mol. The molecule has 1 aromatic heterocycles. The minimum atomic E-state index is -0.853. The molecule has 1 amide bonds. The molecule has 1 aliphatic heterocycles. The highest BCUT2D eigenvalue weighted by atomic mass is 32.1. The van der Waals surface area contributed by atoms with Crippen LogP contribution in [0.4, 0.5) is 4.79 Å². The van der Waals surface area contributed by atoms with E-state index in [9.17, 15) is 10.1 Å². The van der Waals surface area contributed by atoms with Crippen molar-refractivity contribution in [3.05, 3.63) is 34.7 Å². The Balaban J connectivity index is 2.15. The Bertz CT molecular complexity index is 831. The zero-order valence-electron chi connectivity index (χ0n) is 14.1. The Kier molecular flexibility index (Phi) is 4.02. The van der Waals surface area contributed by atoms with Crippen LogP contribution in [0.5, 0.6) is 0 Å². The summed E-state index contributed by atoms with van der Waals surface area (Å²) in [4.78, 5) is 14.7. The third kappa shape index (κ3) is 2.74. The molecule has 5 nitrogen and oxygen atoms in total. The molecule has 2 N–H and O–H groups in total. The molecule has 6 heteroatoms. The van der Waals surface area contributed by atoms with Crippen molar-refractivity contribution in [3.8, 4) is 6.07 Å². The van der Waals surface area contributed by atoms with Crippen molar-refractivity contribution in [2.75, 3.05) is 13.1 Å². The quantitative estimate of drug-likeness (QED) is 0.904. The molecule has 0 spiro atoms. The molecule has 2 heterocycles. The maximum absolute atomic E-state index is 11.6. The fraction of sp³-hybridized carbons (Fsp3) is 0.444. The van der Waals surface area contributed by atoms with Gasteiger partial charge in [0.15, 0.2) is 5.60 Å². The van der Waals surface area contributed by atoms with Crippen LogP contribution in [-0.2, 0) is 10.3 Å². The van der Waals surface area contributed by atoms with Crippen LogP contribution in [0.15, 0.2) is 24.3 Å². The predicted octanol–water partition coefficient (Wildman–Crippen LogP) is 3.57. The van der Waals surface area contributed by atoms with E-state index in [4.69, 9.17) is 10.5 Å². The average molecular weight is 343 g/mol. The summed E-state index contributed by atoms with van der Waals surface area (Å²) in [5.41, 5.74) is 5.06. The van der Waals surface area contributed by atoms with E-state index in [0.29, 0.717) is 18.5 Å². The number of fused-ring (bicyclic) bond motifs is 1. The number of nitriles is 1. The van der Waals surface area contributed by atoms with Gasteiger partial charge in [0.25, 0.3) is 0 Å². The molecule has 0 saturated carbocycles. The van der Waals surface area contributed by atoms with Crippen LogP contribution in [0.1, 0.15) is 37.6 Å². The van der Waals surface area contributed by atoms with Gasteiger partial charge in [-0.1, -0.05) is 18.2 Å². The van der Waals surface area contributed by atoms with Gasteiger partial charge in [-0.3, -0.25) is 4.90 Å². The van der Waals surface area contributed by atoms with E-state index in [-0.39, 0.29) is 5.54 Å². The van der Waals surface area contributed by atoms with E-state index in [1.54, 1.807) is 0 Å². The summed E-state index contributed by atoms with van der Waals surface area (Å²) < 4.78 is 6.66. The van der Waals surface area contributed by atoms with Crippen molar-refractivity contribution in [1.82, 2.24) is 4.90 Å². The molecule has 1 aromatic carbocycles. The van der Waals surface area contributed by atoms with Gasteiger partial charge in [0.1, 0.15) is 6.07 Å². The van der Waals surface area contributed by atoms with E-state index in [1.165, 1.54) is 11.3 Å². The van der Waals surface area contributed by atoms with Gasteiger partial charge in [0.2, 0.25) is 0 Å². The largest absolute Gasteiger partial charge is 0.436 e. The molecular formula is C18H21N3O2S. The van der Waals surface area contributed by atoms with E-state index >= 15 is 0 Å². The summed E-state index contributed by atoms with van der Waals surface area (Å²) in [7, 11) is 0. The number of amides is 1. The lowest BCUT2D eigenvalue weighted by Crippen LogP contribution is -2.44. The Hall–Kier alpha value is -2.10. The van der Waals surface area contributed by atoms with Crippen LogP contribution in [0.2, 0.25) is 0 Å². The molecule has 1 fully saturated rings. The minimum absolute atomic E-state index is 0.0494. The number of hydrogen-bond donors (Lipinski definition) is 1. The van der Waals surface area contributed by atoms with Crippen LogP contribution >= 0.6 is 11.3 Å². The average Bonchev–Trinajstić information content (AvgIpc) is 3.08. The van der Waals surface area contributed by atoms with E-state index in [2.05, 4.69) is 31.7 Å². The van der Waals surface area contributed by atoms with Gasteiger partial charge >= 0.3 is 6.09 Å². The number of hydrogen-bond acceptors (Lipinski definition) is 5. The van der Waals surface area contributed by atoms with Crippen molar-refractivity contribution >= 4 is 27.5 Å². The van der Waals surface area contributed by atoms with Crippen molar-refractivity contribution in [3.63, 3.8) is 0 Å². The standard InChI is InChI=1S/C18H21N3O2S/c1-17(2,3)21-9-8-18(11-21,23-16(20)22)15-13(10-19)12-6-4-5-7-14(12)24-15/h4-7H,8-9,11H2,1-3H3,(H2,20,22)/t18-/m0/s1. The topological polar surface area (TPSA) is 79.3 Å². The molecule has 0 radical (unpaired) electrons. The van der Waals surface area contributed by atoms with Crippen LogP contribution in [0, 0.1) is 11.3 Å². The van der Waals surface area contributed by atoms with E-state index in [1.807, 2.05) is 24.3 Å². The number of carbonyl (C=O) groups is 1. The van der Waals surface area contributed by atoms with Crippen molar-refractivity contribution in [2.24, 2.45) is 5.73 Å². The second-order valence-electron chi connectivity index (χ2n) is 7.17. The zero-order valence-corrected chi connectivity index (χ0v) is 14.9. The maximum Gasteiger partial charge on any atom is 0.405 e. The van der Waals surface area contributed by atoms with E-state index in [0.717, 1.165) is 21.5 Å². The second-order valence-corrected chi connectivity index (χ2v) is 8.22. The Morgan fingerprint density at radius 1 is 1.42 bits per heavy atom. The third-order valence-corrected chi connectivity index (χ3v) is 5.95. The second kappa shape index (κ2) is 5.76. The summed E-state index contributed by atoms with van der Waals surface area (Å²) in [5, 5.41) is 10.6. The van der Waals surface area contributed by atoms with Crippen molar-refractivity contribution in [1.29, 1.82) is 5.26 Å². The number of rotatable bonds is 2. The normalized spacial score (nSPS) is 21.8. The van der Waals surface area contributed by atoms with Gasteiger partial charge in [-0.25, -0.2) is 4.79 Å². The molecule has 0 aliphatic carbocycles. The van der Waals surface area contributed by atoms with Gasteiger partial charge in [-0.15, -0.1) is 11.3 Å². The molecule has 1 aliphatic rings. The van der Waals surface area contributed by atoms with Gasteiger partial charge in [-0.2, -0.15) is 5.26 Å². The van der Waals surface area contributed by atoms with Gasteiger partial charge in [0.05, 0.1) is 10.4 Å². The molecule has 3 rings (SSSR count). The first kappa shape index (κ1) is 16.7. The number of benzene rings is 1. The number of carbonyl (C=O) groups excluding carboxylic acids is 1. The molecule has 1 atom stereocenters. The SMILES string of the molecule is CC(C)(C)N1CC[C@@](OC(N)=O)(c2sc3ccccc3c2C#N)C1. The number of ether oxygens (including phenoxy) is 1. The Labute approximate surface area is 145 Å². The molecule has 0 unspecified atom stereocenters. The summed E-state index contributed by atoms with van der Waals surface area (Å²) in [6.45, 7) is 7.72. The number of nitrogens with two attached hydrogens (primary N) is 1. The summed E-state index contributed by atoms with van der Waals surface area (Å²) in [5.74, 6) is 0. The molecule has 24 heavy (non-hydrogen) atoms. The highest BCUT2D eigenvalue weighted by Crippen LogP contribution is 2.45. The van der Waals surface area contributed by atoms with Crippen LogP contribution in [0.25, 0.3) is 10.1 Å². The zero-order chi connectivity index (χ0) is 17.5. The molecule has 0 bridgehead atoms. The summed E-state index contributed by atoms with van der Waals surface area (Å²) in [6, 6.07) is 10.1. The molecule has 2 aromatic rings. The maximum atomic E-state index is 11.6. The first-order valence-corrected chi connectivity index (χ1v) is 8.74. The highest BCUT2D eigenvalue weighted by molar-refractivity contribution is 7.19. The van der Waals surface area contributed by atoms with E-state index < -0.39 is 11.7 Å². The molecule has 126 valence electrons. The fourth-order valence-corrected chi connectivity index (χ4v) is 4.64. The monoisotopic (exact) mass is 343 g/mol. The number of thiophene rings is 1. The van der Waals surface area contributed by atoms with Crippen molar-refractivity contribution in [2.45, 2.75) is 38.3 Å². The Morgan fingerprint density at radius 3 is 2.71 bits per heavy atom. The smallest absolute Gasteiger partial charge is 0.405 e. The first-order valence-electron chi connectivity index (χ1n) is 7.92. The first-order chi connectivity index (χ1) is 11.3. The number of likely N-dealkylation sites (tertiary alicyclic amines) is 1. The van der Waals surface area contributed by atoms with Crippen LogP contribution in [0.3, 0.4) is 0 Å². The lowest BCUT2D eigenvalue weighted by molar-refractivity contribution is 0.0141. The number of nitrogens with zero attached hydrogens (tertiary/aromatic N) is 2. The molecule has 1 saturated heterocycles. The summed E-state index contributed by atoms with van der Waals surface area (Å²) >= 11 is 1.52. The summed E-state index contributed by atoms with van der Waals surface area (Å²) in [6.07, 6.45) is -0.165. The van der Waals surface area contributed by atoms with Crippen LogP contribution in [-0.4, -0.2) is 29.6 Å². The highest BCUT2D eigenvalue weighted by Gasteiger charge is 2.48. The number of primary amides is 1. The predicted molar refractivity (Wildman–Crippen MR) is 94.8 cm³/mol.